The molecule has 0 bridgehead atoms. The van der Waals surface area contributed by atoms with Crippen molar-refractivity contribution in [2.24, 2.45) is 5.10 Å². The van der Waals surface area contributed by atoms with Crippen LogP contribution >= 0.6 is 0 Å². The van der Waals surface area contributed by atoms with Crippen molar-refractivity contribution in [2.45, 2.75) is 0 Å². The van der Waals surface area contributed by atoms with Gasteiger partial charge >= 0.3 is 0 Å². The lowest BCUT2D eigenvalue weighted by molar-refractivity contribution is -0.384. The van der Waals surface area contributed by atoms with Crippen LogP contribution in [-0.4, -0.2) is 42.3 Å². The molecular formula is C22H14N8O7. The molecule has 15 nitrogen and oxygen atoms in total. The highest BCUT2D eigenvalue weighted by atomic mass is 16.6. The van der Waals surface area contributed by atoms with E-state index >= 15 is 0 Å². The molecule has 3 N–H and O–H groups in total. The molecule has 4 rings (SSSR count). The molecule has 37 heavy (non-hydrogen) atoms. The van der Waals surface area contributed by atoms with Crippen LogP contribution in [-0.2, 0) is 4.79 Å². The fourth-order valence-electron chi connectivity index (χ4n) is 3.12. The molecule has 0 fully saturated rings. The number of aromatic amines is 1. The third-order valence-corrected chi connectivity index (χ3v) is 4.85. The summed E-state index contributed by atoms with van der Waals surface area (Å²) in [6, 6.07) is 11.3. The Morgan fingerprint density at radius 2 is 1.65 bits per heavy atom. The Morgan fingerprint density at radius 3 is 2.35 bits per heavy atom. The number of aromatic nitrogens is 3. The molecule has 0 atom stereocenters. The molecule has 184 valence electrons. The lowest BCUT2D eigenvalue weighted by atomic mass is 10.2. The molecule has 0 aliphatic rings. The first kappa shape index (κ1) is 24.3. The minimum atomic E-state index is -1.02. The zero-order valence-corrected chi connectivity index (χ0v) is 18.4. The molecule has 0 radical (unpaired) electrons. The molecule has 4 aromatic rings. The van der Waals surface area contributed by atoms with Crippen LogP contribution in [0.5, 0.6) is 0 Å². The van der Waals surface area contributed by atoms with Crippen molar-refractivity contribution < 1.29 is 19.4 Å². The van der Waals surface area contributed by atoms with Gasteiger partial charge in [-0.1, -0.05) is 6.07 Å². The molecule has 2 amide bonds. The zero-order chi connectivity index (χ0) is 26.5. The van der Waals surface area contributed by atoms with E-state index in [4.69, 9.17) is 0 Å². The number of anilines is 1. The first-order chi connectivity index (χ1) is 17.7. The second kappa shape index (κ2) is 10.2. The number of fused-ring (bicyclic) bond motifs is 1. The van der Waals surface area contributed by atoms with Crippen LogP contribution in [0, 0.1) is 20.2 Å². The molecule has 0 saturated carbocycles. The average Bonchev–Trinajstić information content (AvgIpc) is 2.89. The molecule has 0 unspecified atom stereocenters. The van der Waals surface area contributed by atoms with Crippen LogP contribution in [0.4, 0.5) is 17.1 Å². The molecule has 2 aromatic heterocycles. The smallest absolute Gasteiger partial charge is 0.278 e. The van der Waals surface area contributed by atoms with Gasteiger partial charge in [-0.25, -0.2) is 10.4 Å². The van der Waals surface area contributed by atoms with E-state index in [1.54, 1.807) is 0 Å². The van der Waals surface area contributed by atoms with E-state index in [0.29, 0.717) is 0 Å². The number of pyridine rings is 1. The monoisotopic (exact) mass is 502 g/mol. The summed E-state index contributed by atoms with van der Waals surface area (Å²) >= 11 is 0. The first-order valence-corrected chi connectivity index (χ1v) is 10.3. The Hall–Kier alpha value is -5.86. The van der Waals surface area contributed by atoms with E-state index in [2.05, 4.69) is 30.8 Å². The highest BCUT2D eigenvalue weighted by Crippen LogP contribution is 2.19. The number of carbonyl (C=O) groups is 2. The van der Waals surface area contributed by atoms with Gasteiger partial charge in [0.2, 0.25) is 0 Å². The molecule has 0 saturated heterocycles. The number of non-ortho nitro benzene ring substituents is 2. The van der Waals surface area contributed by atoms with E-state index < -0.39 is 38.6 Å². The maximum absolute atomic E-state index is 13.1. The predicted octanol–water partition coefficient (Wildman–Crippen LogP) is 1.91. The lowest BCUT2D eigenvalue weighted by Crippen LogP contribution is -2.33. The van der Waals surface area contributed by atoms with Crippen LogP contribution in [0.1, 0.15) is 16.1 Å². The van der Waals surface area contributed by atoms with E-state index in [-0.39, 0.29) is 33.7 Å². The van der Waals surface area contributed by atoms with Gasteiger partial charge in [-0.15, -0.1) is 0 Å². The van der Waals surface area contributed by atoms with Crippen molar-refractivity contribution in [3.63, 3.8) is 0 Å². The van der Waals surface area contributed by atoms with Crippen molar-refractivity contribution in [1.29, 1.82) is 0 Å². The van der Waals surface area contributed by atoms with E-state index in [1.165, 1.54) is 48.8 Å². The lowest BCUT2D eigenvalue weighted by Gasteiger charge is -2.09. The molecule has 2 heterocycles. The Morgan fingerprint density at radius 1 is 0.946 bits per heavy atom. The largest absolute Gasteiger partial charge is 0.320 e. The molecular weight excluding hydrogens is 488 g/mol. The van der Waals surface area contributed by atoms with Gasteiger partial charge in [0, 0.05) is 47.9 Å². The van der Waals surface area contributed by atoms with Crippen molar-refractivity contribution in [3.05, 3.63) is 109 Å². The third-order valence-electron chi connectivity index (χ3n) is 4.85. The fraction of sp³-hybridized carbons (Fsp3) is 0. The molecule has 15 heteroatoms. The van der Waals surface area contributed by atoms with Gasteiger partial charge in [0.05, 0.1) is 20.9 Å². The summed E-state index contributed by atoms with van der Waals surface area (Å²) < 4.78 is 0. The summed E-state index contributed by atoms with van der Waals surface area (Å²) in [5, 5.41) is 28.3. The highest BCUT2D eigenvalue weighted by molar-refractivity contribution is 6.48. The quantitative estimate of drug-likeness (QED) is 0.191. The summed E-state index contributed by atoms with van der Waals surface area (Å²) in [5.41, 5.74) is -0.209. The number of amides is 2. The minimum Gasteiger partial charge on any atom is -0.320 e. The SMILES string of the molecule is O=C(Nc1cccc([N+](=O)[O-])c1)/C(=N\NC(=O)c1ccncc1)c1nc2ccc([N+](=O)[O-])cc2[nH]c1=O. The van der Waals surface area contributed by atoms with Crippen molar-refractivity contribution >= 4 is 45.6 Å². The zero-order valence-electron chi connectivity index (χ0n) is 18.4. The third kappa shape index (κ3) is 5.46. The first-order valence-electron chi connectivity index (χ1n) is 10.3. The van der Waals surface area contributed by atoms with E-state index in [1.807, 2.05) is 0 Å². The van der Waals surface area contributed by atoms with Gasteiger partial charge in [-0.3, -0.25) is 39.6 Å². The minimum absolute atomic E-state index is 0.0141. The number of rotatable bonds is 7. The van der Waals surface area contributed by atoms with Gasteiger partial charge in [0.25, 0.3) is 28.7 Å². The number of carbonyl (C=O) groups excluding carboxylic acids is 2. The van der Waals surface area contributed by atoms with Crippen molar-refractivity contribution in [1.82, 2.24) is 20.4 Å². The van der Waals surface area contributed by atoms with Gasteiger partial charge < -0.3 is 10.3 Å². The van der Waals surface area contributed by atoms with Crippen LogP contribution < -0.4 is 16.3 Å². The van der Waals surface area contributed by atoms with Crippen LogP contribution in [0.25, 0.3) is 11.0 Å². The number of hydrazone groups is 1. The highest BCUT2D eigenvalue weighted by Gasteiger charge is 2.22. The molecule has 0 spiro atoms. The second-order valence-electron chi connectivity index (χ2n) is 7.27. The number of benzene rings is 2. The average molecular weight is 502 g/mol. The van der Waals surface area contributed by atoms with Gasteiger partial charge in [0.15, 0.2) is 11.4 Å². The molecule has 2 aromatic carbocycles. The topological polar surface area (TPSA) is 215 Å². The number of hydrogen-bond acceptors (Lipinski definition) is 10. The van der Waals surface area contributed by atoms with Crippen LogP contribution in [0.2, 0.25) is 0 Å². The fourth-order valence-corrected chi connectivity index (χ4v) is 3.12. The van der Waals surface area contributed by atoms with Crippen molar-refractivity contribution in [2.75, 3.05) is 5.32 Å². The summed E-state index contributed by atoms with van der Waals surface area (Å²) in [4.78, 5) is 69.5. The van der Waals surface area contributed by atoms with Crippen LogP contribution in [0.15, 0.2) is 76.9 Å². The van der Waals surface area contributed by atoms with Gasteiger partial charge in [-0.05, 0) is 24.3 Å². The van der Waals surface area contributed by atoms with Gasteiger partial charge in [0.1, 0.15) is 0 Å². The maximum Gasteiger partial charge on any atom is 0.278 e. The Balaban J connectivity index is 1.76. The maximum atomic E-state index is 13.1. The second-order valence-corrected chi connectivity index (χ2v) is 7.27. The van der Waals surface area contributed by atoms with Gasteiger partial charge in [-0.2, -0.15) is 5.10 Å². The Kier molecular flexibility index (Phi) is 6.68. The Labute approximate surface area is 205 Å². The van der Waals surface area contributed by atoms with E-state index in [0.717, 1.165) is 18.2 Å². The predicted molar refractivity (Wildman–Crippen MR) is 129 cm³/mol. The Bertz CT molecular complexity index is 1650. The van der Waals surface area contributed by atoms with Crippen molar-refractivity contribution in [3.8, 4) is 0 Å². The number of nitrogens with zero attached hydrogens (tertiary/aromatic N) is 5. The van der Waals surface area contributed by atoms with Crippen LogP contribution in [0.3, 0.4) is 0 Å². The summed E-state index contributed by atoms with van der Waals surface area (Å²) in [5.74, 6) is -1.74. The summed E-state index contributed by atoms with van der Waals surface area (Å²) in [7, 11) is 0. The number of H-pyrrole nitrogens is 1. The molecule has 0 aliphatic carbocycles. The standard InChI is InChI=1S/C22H14N8O7/c31-20(12-6-8-23-9-7-12)28-27-19(22(33)24-13-2-1-3-14(10-13)29(34)35)18-21(32)26-17-11-15(30(36)37)4-5-16(17)25-18/h1-11H,(H,24,33)(H,26,32)(H,28,31)/b27-19-. The number of hydrogen-bond donors (Lipinski definition) is 3. The summed E-state index contributed by atoms with van der Waals surface area (Å²) in [6.07, 6.45) is 2.73. The number of nitro groups is 2. The molecule has 0 aliphatic heterocycles. The normalized spacial score (nSPS) is 11.1. The van der Waals surface area contributed by atoms with E-state index in [9.17, 15) is 34.6 Å². The summed E-state index contributed by atoms with van der Waals surface area (Å²) in [6.45, 7) is 0. The number of nitrogens with one attached hydrogen (secondary N) is 3. The number of nitro benzene ring substituents is 2.